The van der Waals surface area contributed by atoms with E-state index >= 15 is 0 Å². The van der Waals surface area contributed by atoms with Crippen molar-refractivity contribution in [2.24, 2.45) is 12.0 Å². The first-order valence-corrected chi connectivity index (χ1v) is 7.65. The molecule has 0 fully saturated rings. The molecule has 2 rings (SSSR count). The first-order valence-electron chi connectivity index (χ1n) is 7.65. The van der Waals surface area contributed by atoms with Crippen molar-refractivity contribution in [3.05, 3.63) is 41.0 Å². The first kappa shape index (κ1) is 19.5. The Morgan fingerprint density at radius 2 is 2.13 bits per heavy atom. The molecule has 2 aromatic heterocycles. The highest BCUT2D eigenvalue weighted by molar-refractivity contribution is 14.0. The zero-order valence-corrected chi connectivity index (χ0v) is 16.5. The summed E-state index contributed by atoms with van der Waals surface area (Å²) in [5.41, 5.74) is 3.34. The van der Waals surface area contributed by atoms with Crippen LogP contribution in [-0.4, -0.2) is 28.8 Å². The molecule has 0 bridgehead atoms. The maximum atomic E-state index is 5.18. The number of hydrogen-bond donors (Lipinski definition) is 2. The Balaban J connectivity index is 0.00000264. The van der Waals surface area contributed by atoms with Crippen LogP contribution in [0.5, 0.6) is 0 Å². The Morgan fingerprint density at radius 3 is 2.70 bits per heavy atom. The summed E-state index contributed by atoms with van der Waals surface area (Å²) < 4.78 is 7.21. The second-order valence-electron chi connectivity index (χ2n) is 5.36. The molecule has 0 amide bonds. The molecular formula is C16H26IN5O. The quantitative estimate of drug-likeness (QED) is 0.419. The minimum absolute atomic E-state index is 0. The molecule has 0 spiro atoms. The van der Waals surface area contributed by atoms with Crippen LogP contribution < -0.4 is 10.6 Å². The van der Waals surface area contributed by atoms with Gasteiger partial charge in [0, 0.05) is 38.1 Å². The summed E-state index contributed by atoms with van der Waals surface area (Å²) in [7, 11) is 2.01. The fourth-order valence-corrected chi connectivity index (χ4v) is 2.33. The van der Waals surface area contributed by atoms with Crippen molar-refractivity contribution in [3.8, 4) is 0 Å². The third kappa shape index (κ3) is 5.89. The Labute approximate surface area is 154 Å². The number of nitrogens with zero attached hydrogens (tertiary/aromatic N) is 3. The molecular weight excluding hydrogens is 405 g/mol. The van der Waals surface area contributed by atoms with Gasteiger partial charge in [-0.2, -0.15) is 0 Å². The molecule has 0 aliphatic carbocycles. The van der Waals surface area contributed by atoms with Gasteiger partial charge in [0.2, 0.25) is 0 Å². The normalized spacial score (nSPS) is 11.2. The van der Waals surface area contributed by atoms with Gasteiger partial charge in [-0.25, -0.2) is 4.99 Å². The molecule has 2 N–H and O–H groups in total. The van der Waals surface area contributed by atoms with Gasteiger partial charge in [0.05, 0.1) is 12.2 Å². The minimum atomic E-state index is 0. The molecule has 2 heterocycles. The molecule has 0 radical (unpaired) electrons. The lowest BCUT2D eigenvalue weighted by Gasteiger charge is -2.11. The van der Waals surface area contributed by atoms with E-state index in [9.17, 15) is 0 Å². The molecule has 2 aromatic rings. The van der Waals surface area contributed by atoms with E-state index in [0.29, 0.717) is 6.54 Å². The lowest BCUT2D eigenvalue weighted by atomic mass is 10.1. The molecule has 0 aliphatic heterocycles. The number of aryl methyl sites for hydroxylation is 3. The van der Waals surface area contributed by atoms with Crippen LogP contribution in [0.1, 0.15) is 29.5 Å². The van der Waals surface area contributed by atoms with Crippen LogP contribution in [0.3, 0.4) is 0 Å². The largest absolute Gasteiger partial charge is 0.361 e. The standard InChI is InChI=1S/C16H25N5O.HI/c1-5-17-16(19-10-14-7-9-21(4)11-14)18-8-6-15-12(2)20-22-13(15)3;/h7,9,11H,5-6,8,10H2,1-4H3,(H2,17,18,19);1H. The number of hydrogen-bond acceptors (Lipinski definition) is 3. The number of aliphatic imine (C=N–C) groups is 1. The summed E-state index contributed by atoms with van der Waals surface area (Å²) in [4.78, 5) is 4.60. The van der Waals surface area contributed by atoms with E-state index in [1.807, 2.05) is 31.7 Å². The van der Waals surface area contributed by atoms with E-state index < -0.39 is 0 Å². The second kappa shape index (κ2) is 9.59. The second-order valence-corrected chi connectivity index (χ2v) is 5.36. The molecule has 23 heavy (non-hydrogen) atoms. The zero-order valence-electron chi connectivity index (χ0n) is 14.2. The summed E-state index contributed by atoms with van der Waals surface area (Å²) in [6.45, 7) is 8.29. The minimum Gasteiger partial charge on any atom is -0.361 e. The van der Waals surface area contributed by atoms with Crippen molar-refractivity contribution < 1.29 is 4.52 Å². The van der Waals surface area contributed by atoms with Gasteiger partial charge in [-0.3, -0.25) is 0 Å². The Kier molecular flexibility index (Phi) is 8.15. The van der Waals surface area contributed by atoms with E-state index in [2.05, 4.69) is 40.0 Å². The van der Waals surface area contributed by atoms with Crippen molar-refractivity contribution >= 4 is 29.9 Å². The highest BCUT2D eigenvalue weighted by Crippen LogP contribution is 2.12. The van der Waals surface area contributed by atoms with Crippen molar-refractivity contribution in [3.63, 3.8) is 0 Å². The van der Waals surface area contributed by atoms with E-state index in [4.69, 9.17) is 4.52 Å². The molecule has 6 nitrogen and oxygen atoms in total. The van der Waals surface area contributed by atoms with Crippen molar-refractivity contribution in [2.75, 3.05) is 13.1 Å². The van der Waals surface area contributed by atoms with Crippen molar-refractivity contribution in [2.45, 2.75) is 33.7 Å². The van der Waals surface area contributed by atoms with E-state index in [-0.39, 0.29) is 24.0 Å². The average molecular weight is 431 g/mol. The van der Waals surface area contributed by atoms with Gasteiger partial charge < -0.3 is 19.7 Å². The lowest BCUT2D eigenvalue weighted by molar-refractivity contribution is 0.392. The molecule has 0 aliphatic rings. The predicted octanol–water partition coefficient (Wildman–Crippen LogP) is 2.55. The van der Waals surface area contributed by atoms with Crippen LogP contribution in [0, 0.1) is 13.8 Å². The van der Waals surface area contributed by atoms with Crippen molar-refractivity contribution in [1.29, 1.82) is 0 Å². The van der Waals surface area contributed by atoms with Gasteiger partial charge >= 0.3 is 0 Å². The average Bonchev–Trinajstić information content (AvgIpc) is 3.04. The van der Waals surface area contributed by atoms with Gasteiger partial charge in [0.1, 0.15) is 5.76 Å². The third-order valence-corrected chi connectivity index (χ3v) is 3.51. The highest BCUT2D eigenvalue weighted by Gasteiger charge is 2.08. The molecule has 0 unspecified atom stereocenters. The molecule has 0 saturated carbocycles. The number of halogens is 1. The summed E-state index contributed by atoms with van der Waals surface area (Å²) in [5, 5.41) is 10.6. The van der Waals surface area contributed by atoms with E-state index in [1.54, 1.807) is 0 Å². The number of guanidine groups is 1. The number of nitrogens with one attached hydrogen (secondary N) is 2. The maximum Gasteiger partial charge on any atom is 0.191 e. The number of rotatable bonds is 6. The van der Waals surface area contributed by atoms with Crippen LogP contribution in [0.2, 0.25) is 0 Å². The van der Waals surface area contributed by atoms with Gasteiger partial charge in [-0.15, -0.1) is 24.0 Å². The van der Waals surface area contributed by atoms with E-state index in [1.165, 1.54) is 11.1 Å². The van der Waals surface area contributed by atoms with Gasteiger partial charge in [-0.1, -0.05) is 5.16 Å². The predicted molar refractivity (Wildman–Crippen MR) is 103 cm³/mol. The van der Waals surface area contributed by atoms with Gasteiger partial charge in [0.25, 0.3) is 0 Å². The van der Waals surface area contributed by atoms with Gasteiger partial charge in [-0.05, 0) is 38.8 Å². The molecule has 0 saturated heterocycles. The van der Waals surface area contributed by atoms with Crippen molar-refractivity contribution in [1.82, 2.24) is 20.4 Å². The van der Waals surface area contributed by atoms with Crippen LogP contribution in [0.25, 0.3) is 0 Å². The van der Waals surface area contributed by atoms with E-state index in [0.717, 1.165) is 36.9 Å². The summed E-state index contributed by atoms with van der Waals surface area (Å²) in [6, 6.07) is 2.08. The van der Waals surface area contributed by atoms with Gasteiger partial charge in [0.15, 0.2) is 5.96 Å². The fraction of sp³-hybridized carbons (Fsp3) is 0.500. The number of aromatic nitrogens is 2. The van der Waals surface area contributed by atoms with Crippen LogP contribution in [0.4, 0.5) is 0 Å². The monoisotopic (exact) mass is 431 g/mol. The van der Waals surface area contributed by atoms with Crippen LogP contribution in [-0.2, 0) is 20.0 Å². The zero-order chi connectivity index (χ0) is 15.9. The van der Waals surface area contributed by atoms with Crippen LogP contribution in [0.15, 0.2) is 28.0 Å². The maximum absolute atomic E-state index is 5.18. The topological polar surface area (TPSA) is 67.4 Å². The highest BCUT2D eigenvalue weighted by atomic mass is 127. The summed E-state index contributed by atoms with van der Waals surface area (Å²) in [6.07, 6.45) is 4.98. The first-order chi connectivity index (χ1) is 10.6. The Morgan fingerprint density at radius 1 is 1.35 bits per heavy atom. The Bertz CT molecular complexity index is 613. The Hall–Kier alpha value is -1.51. The lowest BCUT2D eigenvalue weighted by Crippen LogP contribution is -2.38. The molecule has 0 aromatic carbocycles. The fourth-order valence-electron chi connectivity index (χ4n) is 2.33. The SMILES string of the molecule is CCNC(=NCc1ccn(C)c1)NCCc1c(C)noc1C.I. The molecule has 7 heteroatoms. The molecule has 128 valence electrons. The molecule has 0 atom stereocenters. The van der Waals surface area contributed by atoms with Crippen LogP contribution >= 0.6 is 24.0 Å². The summed E-state index contributed by atoms with van der Waals surface area (Å²) >= 11 is 0. The third-order valence-electron chi connectivity index (χ3n) is 3.51. The summed E-state index contributed by atoms with van der Waals surface area (Å²) in [5.74, 6) is 1.73. The smallest absolute Gasteiger partial charge is 0.191 e.